The van der Waals surface area contributed by atoms with Crippen molar-refractivity contribution in [3.05, 3.63) is 54.2 Å². The Balaban J connectivity index is 1.55. The standard InChI is InChI=1S/C23H26N6O2/c1-3-4-5-6-22(30)24-19-10-9-16-11-12-29(20(16)14-19)15-18-8-7-17(13-21(18)31-2)23-25-27-28-26-23/h7-14H,3-6,15H2,1-2H3,(H,24,30)(H,25,26,27,28). The predicted octanol–water partition coefficient (Wildman–Crippen LogP) is 4.40. The van der Waals surface area contributed by atoms with Gasteiger partial charge in [-0.3, -0.25) is 4.79 Å². The number of H-pyrrole nitrogens is 1. The Kier molecular flexibility index (Phi) is 6.26. The van der Waals surface area contributed by atoms with E-state index >= 15 is 0 Å². The summed E-state index contributed by atoms with van der Waals surface area (Å²) in [7, 11) is 1.65. The summed E-state index contributed by atoms with van der Waals surface area (Å²) in [5.74, 6) is 1.41. The van der Waals surface area contributed by atoms with E-state index in [9.17, 15) is 4.79 Å². The van der Waals surface area contributed by atoms with Crippen LogP contribution >= 0.6 is 0 Å². The minimum absolute atomic E-state index is 0.0602. The topological polar surface area (TPSA) is 97.7 Å². The molecule has 0 bridgehead atoms. The van der Waals surface area contributed by atoms with Crippen molar-refractivity contribution < 1.29 is 9.53 Å². The van der Waals surface area contributed by atoms with Gasteiger partial charge in [0.05, 0.1) is 19.2 Å². The Morgan fingerprint density at radius 1 is 1.16 bits per heavy atom. The summed E-state index contributed by atoms with van der Waals surface area (Å²) < 4.78 is 7.76. The van der Waals surface area contributed by atoms with Gasteiger partial charge < -0.3 is 14.6 Å². The van der Waals surface area contributed by atoms with Gasteiger partial charge in [-0.2, -0.15) is 0 Å². The van der Waals surface area contributed by atoms with Crippen LogP contribution in [0.5, 0.6) is 5.75 Å². The predicted molar refractivity (Wildman–Crippen MR) is 120 cm³/mol. The number of anilines is 1. The first-order valence-corrected chi connectivity index (χ1v) is 10.5. The first-order chi connectivity index (χ1) is 15.2. The second-order valence-corrected chi connectivity index (χ2v) is 7.50. The van der Waals surface area contributed by atoms with Gasteiger partial charge in [-0.05, 0) is 46.5 Å². The second-order valence-electron chi connectivity index (χ2n) is 7.50. The van der Waals surface area contributed by atoms with Gasteiger partial charge >= 0.3 is 0 Å². The second kappa shape index (κ2) is 9.42. The number of benzene rings is 2. The van der Waals surface area contributed by atoms with E-state index in [2.05, 4.69) is 43.5 Å². The molecule has 8 heteroatoms. The Bertz CT molecular complexity index is 1170. The maximum absolute atomic E-state index is 12.2. The first-order valence-electron chi connectivity index (χ1n) is 10.5. The molecule has 2 aromatic heterocycles. The number of aromatic nitrogens is 5. The first kappa shape index (κ1) is 20.6. The molecule has 31 heavy (non-hydrogen) atoms. The minimum atomic E-state index is 0.0602. The molecule has 0 saturated carbocycles. The molecule has 4 rings (SSSR count). The van der Waals surface area contributed by atoms with Crippen LogP contribution in [0.2, 0.25) is 0 Å². The van der Waals surface area contributed by atoms with E-state index in [1.54, 1.807) is 7.11 Å². The van der Waals surface area contributed by atoms with Crippen LogP contribution in [0.1, 0.15) is 38.2 Å². The van der Waals surface area contributed by atoms with E-state index in [-0.39, 0.29) is 5.91 Å². The number of ether oxygens (including phenoxy) is 1. The Morgan fingerprint density at radius 2 is 2.06 bits per heavy atom. The van der Waals surface area contributed by atoms with E-state index < -0.39 is 0 Å². The maximum atomic E-state index is 12.2. The Labute approximate surface area is 180 Å². The zero-order valence-electron chi connectivity index (χ0n) is 17.8. The summed E-state index contributed by atoms with van der Waals surface area (Å²) >= 11 is 0. The van der Waals surface area contributed by atoms with E-state index in [1.807, 2.05) is 42.6 Å². The highest BCUT2D eigenvalue weighted by Gasteiger charge is 2.11. The molecule has 160 valence electrons. The molecule has 4 aromatic rings. The van der Waals surface area contributed by atoms with Crippen LogP contribution in [0.25, 0.3) is 22.3 Å². The fraction of sp³-hybridized carbons (Fsp3) is 0.304. The molecular formula is C23H26N6O2. The zero-order chi connectivity index (χ0) is 21.6. The fourth-order valence-electron chi connectivity index (χ4n) is 3.65. The summed E-state index contributed by atoms with van der Waals surface area (Å²) in [5, 5.41) is 18.1. The highest BCUT2D eigenvalue weighted by molar-refractivity contribution is 5.93. The van der Waals surface area contributed by atoms with Crippen molar-refractivity contribution in [2.75, 3.05) is 12.4 Å². The zero-order valence-corrected chi connectivity index (χ0v) is 17.8. The van der Waals surface area contributed by atoms with Crippen molar-refractivity contribution in [2.45, 2.75) is 39.2 Å². The largest absolute Gasteiger partial charge is 0.496 e. The number of hydrogen-bond acceptors (Lipinski definition) is 5. The number of methoxy groups -OCH3 is 1. The lowest BCUT2D eigenvalue weighted by atomic mass is 10.1. The average Bonchev–Trinajstić information content (AvgIpc) is 3.45. The Morgan fingerprint density at radius 3 is 2.84 bits per heavy atom. The molecule has 0 radical (unpaired) electrons. The van der Waals surface area contributed by atoms with Crippen molar-refractivity contribution >= 4 is 22.5 Å². The number of aromatic amines is 1. The van der Waals surface area contributed by atoms with Gasteiger partial charge in [-0.1, -0.05) is 38.0 Å². The fourth-order valence-corrected chi connectivity index (χ4v) is 3.65. The van der Waals surface area contributed by atoms with E-state index in [4.69, 9.17) is 4.74 Å². The number of carbonyl (C=O) groups excluding carboxylic acids is 1. The van der Waals surface area contributed by atoms with E-state index in [0.29, 0.717) is 18.8 Å². The number of fused-ring (bicyclic) bond motifs is 1. The molecule has 0 aliphatic carbocycles. The normalized spacial score (nSPS) is 11.0. The smallest absolute Gasteiger partial charge is 0.224 e. The highest BCUT2D eigenvalue weighted by Crippen LogP contribution is 2.28. The van der Waals surface area contributed by atoms with Crippen LogP contribution in [0.15, 0.2) is 48.7 Å². The quantitative estimate of drug-likeness (QED) is 0.393. The molecule has 2 aromatic carbocycles. The third-order valence-electron chi connectivity index (χ3n) is 5.31. The number of rotatable bonds is 9. The van der Waals surface area contributed by atoms with Crippen LogP contribution < -0.4 is 10.1 Å². The number of nitrogens with one attached hydrogen (secondary N) is 2. The molecule has 8 nitrogen and oxygen atoms in total. The van der Waals surface area contributed by atoms with Crippen molar-refractivity contribution in [3.63, 3.8) is 0 Å². The van der Waals surface area contributed by atoms with Crippen molar-refractivity contribution in [1.29, 1.82) is 0 Å². The molecule has 0 atom stereocenters. The van der Waals surface area contributed by atoms with Gasteiger partial charge in [-0.25, -0.2) is 5.10 Å². The molecule has 0 saturated heterocycles. The van der Waals surface area contributed by atoms with Gasteiger partial charge in [-0.15, -0.1) is 5.10 Å². The number of amides is 1. The summed E-state index contributed by atoms with van der Waals surface area (Å²) in [6, 6.07) is 14.0. The molecular weight excluding hydrogens is 392 g/mol. The number of hydrogen-bond donors (Lipinski definition) is 2. The van der Waals surface area contributed by atoms with E-state index in [0.717, 1.165) is 52.7 Å². The van der Waals surface area contributed by atoms with Crippen molar-refractivity contribution in [3.8, 4) is 17.1 Å². The SMILES string of the molecule is CCCCCC(=O)Nc1ccc2ccn(Cc3ccc(-c4nnn[nH]4)cc3OC)c2c1. The van der Waals surface area contributed by atoms with Crippen LogP contribution in [-0.2, 0) is 11.3 Å². The lowest BCUT2D eigenvalue weighted by Gasteiger charge is -2.12. The third-order valence-corrected chi connectivity index (χ3v) is 5.31. The van der Waals surface area contributed by atoms with Gasteiger partial charge in [0.25, 0.3) is 0 Å². The van der Waals surface area contributed by atoms with Crippen molar-refractivity contribution in [2.24, 2.45) is 0 Å². The molecule has 1 amide bonds. The molecule has 0 aliphatic heterocycles. The molecule has 0 aliphatic rings. The molecule has 2 N–H and O–H groups in total. The minimum Gasteiger partial charge on any atom is -0.496 e. The Hall–Kier alpha value is -3.68. The third kappa shape index (κ3) is 4.74. The lowest BCUT2D eigenvalue weighted by Crippen LogP contribution is -2.11. The number of unbranched alkanes of at least 4 members (excludes halogenated alkanes) is 2. The molecule has 0 fully saturated rings. The highest BCUT2D eigenvalue weighted by atomic mass is 16.5. The summed E-state index contributed by atoms with van der Waals surface area (Å²) in [4.78, 5) is 12.2. The van der Waals surface area contributed by atoms with Gasteiger partial charge in [0.15, 0.2) is 5.82 Å². The number of carbonyl (C=O) groups is 1. The lowest BCUT2D eigenvalue weighted by molar-refractivity contribution is -0.116. The molecule has 0 unspecified atom stereocenters. The van der Waals surface area contributed by atoms with Crippen LogP contribution in [0.3, 0.4) is 0 Å². The summed E-state index contributed by atoms with van der Waals surface area (Å²) in [5.41, 5.74) is 3.76. The van der Waals surface area contributed by atoms with Crippen molar-refractivity contribution in [1.82, 2.24) is 25.2 Å². The molecule has 2 heterocycles. The number of tetrazole rings is 1. The molecule has 0 spiro atoms. The van der Waals surface area contributed by atoms with Gasteiger partial charge in [0, 0.05) is 29.4 Å². The average molecular weight is 419 g/mol. The maximum Gasteiger partial charge on any atom is 0.224 e. The summed E-state index contributed by atoms with van der Waals surface area (Å²) in [6.07, 6.45) is 5.69. The van der Waals surface area contributed by atoms with Crippen LogP contribution in [0, 0.1) is 0 Å². The van der Waals surface area contributed by atoms with Gasteiger partial charge in [0.2, 0.25) is 5.91 Å². The number of nitrogens with zero attached hydrogens (tertiary/aromatic N) is 4. The van der Waals surface area contributed by atoms with Gasteiger partial charge in [0.1, 0.15) is 5.75 Å². The van der Waals surface area contributed by atoms with Crippen LogP contribution in [0.4, 0.5) is 5.69 Å². The monoisotopic (exact) mass is 418 g/mol. The van der Waals surface area contributed by atoms with Crippen LogP contribution in [-0.4, -0.2) is 38.2 Å². The van der Waals surface area contributed by atoms with E-state index in [1.165, 1.54) is 0 Å². The summed E-state index contributed by atoms with van der Waals surface area (Å²) in [6.45, 7) is 2.77.